The molecule has 11 heteroatoms. The van der Waals surface area contributed by atoms with Gasteiger partial charge < -0.3 is 14.9 Å². The molecule has 0 radical (unpaired) electrons. The van der Waals surface area contributed by atoms with Crippen LogP contribution < -0.4 is 9.46 Å². The molecular formula is C10H12N2O8S. The van der Waals surface area contributed by atoms with Crippen LogP contribution >= 0.6 is 0 Å². The number of nitro groups is 1. The number of nitro benzene ring substituents is 1. The molecule has 0 saturated carbocycles. The second-order valence-corrected chi connectivity index (χ2v) is 5.50. The molecule has 0 bridgehead atoms. The van der Waals surface area contributed by atoms with Gasteiger partial charge >= 0.3 is 11.7 Å². The van der Waals surface area contributed by atoms with E-state index in [-0.39, 0.29) is 5.75 Å². The van der Waals surface area contributed by atoms with E-state index in [9.17, 15) is 23.3 Å². The maximum absolute atomic E-state index is 11.9. The van der Waals surface area contributed by atoms with Crippen molar-refractivity contribution >= 4 is 21.7 Å². The van der Waals surface area contributed by atoms with Crippen molar-refractivity contribution in [1.82, 2.24) is 4.72 Å². The van der Waals surface area contributed by atoms with Gasteiger partial charge in [-0.05, 0) is 12.1 Å². The molecule has 0 unspecified atom stereocenters. The highest BCUT2D eigenvalue weighted by atomic mass is 32.2. The molecule has 1 rings (SSSR count). The Hall–Kier alpha value is -2.24. The lowest BCUT2D eigenvalue weighted by Gasteiger charge is -2.12. The number of hydrogen-bond acceptors (Lipinski definition) is 7. The summed E-state index contributed by atoms with van der Waals surface area (Å²) in [6.07, 6.45) is 0. The molecule has 0 aliphatic carbocycles. The molecule has 0 aliphatic rings. The molecule has 1 aromatic carbocycles. The zero-order chi connectivity index (χ0) is 16.2. The number of nitrogens with zero attached hydrogens (tertiary/aromatic N) is 1. The van der Waals surface area contributed by atoms with Crippen LogP contribution in [0.1, 0.15) is 0 Å². The average molecular weight is 320 g/mol. The molecule has 0 fully saturated rings. The number of benzene rings is 1. The summed E-state index contributed by atoms with van der Waals surface area (Å²) in [6, 6.07) is 1.07. The van der Waals surface area contributed by atoms with Crippen molar-refractivity contribution in [2.45, 2.75) is 10.9 Å². The highest BCUT2D eigenvalue weighted by Crippen LogP contribution is 2.29. The van der Waals surface area contributed by atoms with Gasteiger partial charge in [-0.15, -0.1) is 0 Å². The van der Waals surface area contributed by atoms with Crippen LogP contribution in [0.5, 0.6) is 5.75 Å². The van der Waals surface area contributed by atoms with Crippen LogP contribution in [0.25, 0.3) is 0 Å². The first-order valence-corrected chi connectivity index (χ1v) is 6.89. The number of hydrogen-bond donors (Lipinski definition) is 3. The third-order valence-electron chi connectivity index (χ3n) is 2.44. The van der Waals surface area contributed by atoms with Crippen molar-refractivity contribution in [2.75, 3.05) is 13.7 Å². The monoisotopic (exact) mass is 320 g/mol. The molecule has 0 amide bonds. The van der Waals surface area contributed by atoms with Crippen molar-refractivity contribution in [2.24, 2.45) is 0 Å². The number of carbonyl (C=O) groups is 1. The van der Waals surface area contributed by atoms with Crippen molar-refractivity contribution < 1.29 is 33.1 Å². The van der Waals surface area contributed by atoms with E-state index in [1.165, 1.54) is 7.11 Å². The fraction of sp³-hybridized carbons (Fsp3) is 0.300. The maximum Gasteiger partial charge on any atom is 0.324 e. The summed E-state index contributed by atoms with van der Waals surface area (Å²) in [4.78, 5) is 20.2. The van der Waals surface area contributed by atoms with Crippen LogP contribution in [-0.4, -0.2) is 49.3 Å². The van der Waals surface area contributed by atoms with Gasteiger partial charge in [0, 0.05) is 6.07 Å². The largest absolute Gasteiger partial charge is 0.490 e. The first kappa shape index (κ1) is 16.8. The topological polar surface area (TPSA) is 156 Å². The van der Waals surface area contributed by atoms with Crippen LogP contribution in [0.3, 0.4) is 0 Å². The summed E-state index contributed by atoms with van der Waals surface area (Å²) < 4.78 is 30.3. The SMILES string of the molecule is COc1ccc(S(=O)(=O)N[C@@H](CO)C(=O)O)cc1[N+](=O)[O-]. The van der Waals surface area contributed by atoms with Crippen LogP contribution in [0.15, 0.2) is 23.1 Å². The third kappa shape index (κ3) is 3.87. The summed E-state index contributed by atoms with van der Waals surface area (Å²) in [6.45, 7) is -0.965. The highest BCUT2D eigenvalue weighted by molar-refractivity contribution is 7.89. The van der Waals surface area contributed by atoms with Crippen LogP contribution in [-0.2, 0) is 14.8 Å². The summed E-state index contributed by atoms with van der Waals surface area (Å²) >= 11 is 0. The second kappa shape index (κ2) is 6.47. The van der Waals surface area contributed by atoms with Gasteiger partial charge in [-0.1, -0.05) is 0 Å². The lowest BCUT2D eigenvalue weighted by atomic mass is 10.3. The number of rotatable bonds is 7. The first-order chi connectivity index (χ1) is 9.72. The number of methoxy groups -OCH3 is 1. The maximum atomic E-state index is 11.9. The van der Waals surface area contributed by atoms with Gasteiger partial charge in [0.1, 0.15) is 6.04 Å². The number of sulfonamides is 1. The standard InChI is InChI=1S/C10H12N2O8S/c1-20-9-3-2-6(4-8(9)12(16)17)21(18,19)11-7(5-13)10(14)15/h2-4,7,11,13H,5H2,1H3,(H,14,15)/t7-/m0/s1. The third-order valence-corrected chi connectivity index (χ3v) is 3.90. The number of aliphatic hydroxyl groups is 1. The molecule has 3 N–H and O–H groups in total. The van der Waals surface area contributed by atoms with E-state index in [1.807, 2.05) is 0 Å². The van der Waals surface area contributed by atoms with Gasteiger partial charge in [-0.2, -0.15) is 4.72 Å². The normalized spacial score (nSPS) is 12.7. The predicted octanol–water partition coefficient (Wildman–Crippen LogP) is -0.673. The van der Waals surface area contributed by atoms with E-state index in [1.54, 1.807) is 4.72 Å². The Morgan fingerprint density at radius 3 is 2.57 bits per heavy atom. The fourth-order valence-electron chi connectivity index (χ4n) is 1.40. The molecule has 0 saturated heterocycles. The van der Waals surface area contributed by atoms with Gasteiger partial charge in [-0.25, -0.2) is 8.42 Å². The van der Waals surface area contributed by atoms with E-state index >= 15 is 0 Å². The minimum Gasteiger partial charge on any atom is -0.490 e. The van der Waals surface area contributed by atoms with Crippen molar-refractivity contribution in [1.29, 1.82) is 0 Å². The second-order valence-electron chi connectivity index (χ2n) is 3.79. The molecule has 0 aliphatic heterocycles. The highest BCUT2D eigenvalue weighted by Gasteiger charge is 2.27. The van der Waals surface area contributed by atoms with Crippen LogP contribution in [0.2, 0.25) is 0 Å². The molecule has 1 aromatic rings. The average Bonchev–Trinajstić information content (AvgIpc) is 2.43. The quantitative estimate of drug-likeness (QED) is 0.441. The molecule has 10 nitrogen and oxygen atoms in total. The van der Waals surface area contributed by atoms with Crippen LogP contribution in [0.4, 0.5) is 5.69 Å². The zero-order valence-corrected chi connectivity index (χ0v) is 11.5. The van der Waals surface area contributed by atoms with E-state index in [4.69, 9.17) is 14.9 Å². The Morgan fingerprint density at radius 1 is 1.52 bits per heavy atom. The molecule has 0 spiro atoms. The Labute approximate surface area is 119 Å². The van der Waals surface area contributed by atoms with E-state index in [0.717, 1.165) is 18.2 Å². The first-order valence-electron chi connectivity index (χ1n) is 5.41. The minimum absolute atomic E-state index is 0.143. The Balaban J connectivity index is 3.23. The van der Waals surface area contributed by atoms with E-state index < -0.39 is 44.1 Å². The van der Waals surface area contributed by atoms with Crippen molar-refractivity contribution in [3.05, 3.63) is 28.3 Å². The molecule has 1 atom stereocenters. The number of aliphatic hydroxyl groups excluding tert-OH is 1. The van der Waals surface area contributed by atoms with Crippen LogP contribution in [0, 0.1) is 10.1 Å². The molecular weight excluding hydrogens is 308 g/mol. The fourth-order valence-corrected chi connectivity index (χ4v) is 2.60. The van der Waals surface area contributed by atoms with Gasteiger partial charge in [0.15, 0.2) is 5.75 Å². The molecule has 0 heterocycles. The molecule has 0 aromatic heterocycles. The Kier molecular flexibility index (Phi) is 5.18. The van der Waals surface area contributed by atoms with Gasteiger partial charge in [0.25, 0.3) is 0 Å². The molecule has 116 valence electrons. The number of carboxylic acids is 1. The van der Waals surface area contributed by atoms with Gasteiger partial charge in [0.2, 0.25) is 10.0 Å². The summed E-state index contributed by atoms with van der Waals surface area (Å²) in [5.74, 6) is -1.72. The summed E-state index contributed by atoms with van der Waals surface area (Å²) in [7, 11) is -3.17. The van der Waals surface area contributed by atoms with Crippen molar-refractivity contribution in [3.8, 4) is 5.75 Å². The number of carboxylic acid groups (broad SMARTS) is 1. The number of ether oxygens (including phenoxy) is 1. The molecule has 21 heavy (non-hydrogen) atoms. The lowest BCUT2D eigenvalue weighted by molar-refractivity contribution is -0.386. The van der Waals surface area contributed by atoms with Crippen molar-refractivity contribution in [3.63, 3.8) is 0 Å². The van der Waals surface area contributed by atoms with Gasteiger partial charge in [0.05, 0.1) is 23.5 Å². The predicted molar refractivity (Wildman–Crippen MR) is 68.5 cm³/mol. The smallest absolute Gasteiger partial charge is 0.324 e. The number of aliphatic carboxylic acids is 1. The van der Waals surface area contributed by atoms with E-state index in [2.05, 4.69) is 0 Å². The lowest BCUT2D eigenvalue weighted by Crippen LogP contribution is -2.43. The Bertz CT molecular complexity index is 657. The number of nitrogens with one attached hydrogen (secondary N) is 1. The van der Waals surface area contributed by atoms with Gasteiger partial charge in [-0.3, -0.25) is 14.9 Å². The summed E-state index contributed by atoms with van der Waals surface area (Å²) in [5.41, 5.74) is -0.587. The minimum atomic E-state index is -4.35. The Morgan fingerprint density at radius 2 is 2.14 bits per heavy atom. The van der Waals surface area contributed by atoms with E-state index in [0.29, 0.717) is 0 Å². The zero-order valence-electron chi connectivity index (χ0n) is 10.7. The summed E-state index contributed by atoms with van der Waals surface area (Å²) in [5, 5.41) is 28.3.